The fraction of sp³-hybridized carbons (Fsp3) is 0.118. The molecule has 3 nitrogen and oxygen atoms in total. The summed E-state index contributed by atoms with van der Waals surface area (Å²) < 4.78 is 10.6. The molecule has 0 aliphatic carbocycles. The lowest BCUT2D eigenvalue weighted by molar-refractivity contribution is 0.101. The lowest BCUT2D eigenvalue weighted by atomic mass is 10.0. The molecule has 0 saturated carbocycles. The van der Waals surface area contributed by atoms with Crippen LogP contribution in [0, 0.1) is 6.92 Å². The monoisotopic (exact) mass is 266 g/mol. The van der Waals surface area contributed by atoms with Crippen LogP contribution in [0.4, 0.5) is 0 Å². The topological polar surface area (TPSA) is 39.4 Å². The Labute approximate surface area is 116 Å². The molecule has 3 rings (SSSR count). The van der Waals surface area contributed by atoms with E-state index in [2.05, 4.69) is 0 Å². The minimum Gasteiger partial charge on any atom is -0.497 e. The summed E-state index contributed by atoms with van der Waals surface area (Å²) in [6.07, 6.45) is 1.62. The SMILES string of the molecule is COc1ccc(C(=O)c2occ3cccc(C)c23)cc1. The van der Waals surface area contributed by atoms with Gasteiger partial charge in [-0.3, -0.25) is 4.79 Å². The van der Waals surface area contributed by atoms with Crippen LogP contribution in [-0.4, -0.2) is 12.9 Å². The molecule has 0 unspecified atom stereocenters. The Hall–Kier alpha value is -2.55. The number of ether oxygens (including phenoxy) is 1. The molecule has 0 atom stereocenters. The second kappa shape index (κ2) is 4.85. The van der Waals surface area contributed by atoms with E-state index >= 15 is 0 Å². The Bertz CT molecular complexity index is 767. The molecule has 100 valence electrons. The summed E-state index contributed by atoms with van der Waals surface area (Å²) in [5.41, 5.74) is 1.62. The molecular weight excluding hydrogens is 252 g/mol. The van der Waals surface area contributed by atoms with Gasteiger partial charge in [0.05, 0.1) is 13.4 Å². The fourth-order valence-corrected chi connectivity index (χ4v) is 2.32. The van der Waals surface area contributed by atoms with Crippen molar-refractivity contribution in [2.75, 3.05) is 7.11 Å². The molecule has 0 amide bonds. The van der Waals surface area contributed by atoms with Crippen molar-refractivity contribution < 1.29 is 13.9 Å². The van der Waals surface area contributed by atoms with E-state index in [9.17, 15) is 4.79 Å². The van der Waals surface area contributed by atoms with Gasteiger partial charge in [0.25, 0.3) is 0 Å². The van der Waals surface area contributed by atoms with E-state index in [0.717, 1.165) is 22.1 Å². The zero-order valence-corrected chi connectivity index (χ0v) is 11.3. The lowest BCUT2D eigenvalue weighted by Gasteiger charge is -2.02. The highest BCUT2D eigenvalue weighted by Gasteiger charge is 2.18. The second-order valence-electron chi connectivity index (χ2n) is 4.66. The van der Waals surface area contributed by atoms with Gasteiger partial charge in [0.15, 0.2) is 5.76 Å². The molecule has 0 radical (unpaired) electrons. The number of hydrogen-bond donors (Lipinski definition) is 0. The van der Waals surface area contributed by atoms with Gasteiger partial charge in [0.1, 0.15) is 5.75 Å². The van der Waals surface area contributed by atoms with Gasteiger partial charge < -0.3 is 9.15 Å². The molecule has 20 heavy (non-hydrogen) atoms. The van der Waals surface area contributed by atoms with Crippen LogP contribution < -0.4 is 4.74 Å². The maximum atomic E-state index is 12.5. The molecule has 3 aromatic rings. The third-order valence-corrected chi connectivity index (χ3v) is 3.39. The maximum absolute atomic E-state index is 12.5. The van der Waals surface area contributed by atoms with E-state index in [1.807, 2.05) is 25.1 Å². The van der Waals surface area contributed by atoms with Gasteiger partial charge in [-0.15, -0.1) is 0 Å². The minimum atomic E-state index is -0.114. The Kier molecular flexibility index (Phi) is 3.03. The molecule has 1 aromatic heterocycles. The molecule has 0 bridgehead atoms. The van der Waals surface area contributed by atoms with Crippen LogP contribution in [0.5, 0.6) is 5.75 Å². The average Bonchev–Trinajstić information content (AvgIpc) is 2.92. The number of furan rings is 1. The van der Waals surface area contributed by atoms with Crippen molar-refractivity contribution in [2.45, 2.75) is 6.92 Å². The highest BCUT2D eigenvalue weighted by Crippen LogP contribution is 2.27. The van der Waals surface area contributed by atoms with Gasteiger partial charge in [0.2, 0.25) is 5.78 Å². The largest absolute Gasteiger partial charge is 0.497 e. The average molecular weight is 266 g/mol. The normalized spacial score (nSPS) is 10.7. The number of rotatable bonds is 3. The molecule has 0 aliphatic rings. The number of benzene rings is 2. The number of hydrogen-bond acceptors (Lipinski definition) is 3. The van der Waals surface area contributed by atoms with Gasteiger partial charge in [0, 0.05) is 16.3 Å². The Morgan fingerprint density at radius 3 is 2.55 bits per heavy atom. The van der Waals surface area contributed by atoms with Crippen LogP contribution in [-0.2, 0) is 0 Å². The van der Waals surface area contributed by atoms with Crippen LogP contribution in [0.3, 0.4) is 0 Å². The highest BCUT2D eigenvalue weighted by molar-refractivity contribution is 6.15. The molecule has 0 N–H and O–H groups in total. The van der Waals surface area contributed by atoms with E-state index in [0.29, 0.717) is 11.3 Å². The number of aryl methyl sites for hydroxylation is 1. The van der Waals surface area contributed by atoms with E-state index in [1.54, 1.807) is 37.6 Å². The van der Waals surface area contributed by atoms with E-state index in [-0.39, 0.29) is 5.78 Å². The predicted octanol–water partition coefficient (Wildman–Crippen LogP) is 3.98. The summed E-state index contributed by atoms with van der Waals surface area (Å²) in [7, 11) is 1.60. The van der Waals surface area contributed by atoms with Gasteiger partial charge in [-0.1, -0.05) is 18.2 Å². The van der Waals surface area contributed by atoms with Crippen molar-refractivity contribution in [2.24, 2.45) is 0 Å². The van der Waals surface area contributed by atoms with Gasteiger partial charge in [-0.25, -0.2) is 0 Å². The van der Waals surface area contributed by atoms with Crippen molar-refractivity contribution in [3.8, 4) is 5.75 Å². The van der Waals surface area contributed by atoms with E-state index in [4.69, 9.17) is 9.15 Å². The first-order chi connectivity index (χ1) is 9.70. The van der Waals surface area contributed by atoms with Crippen LogP contribution in [0.1, 0.15) is 21.7 Å². The molecule has 2 aromatic carbocycles. The molecular formula is C17H14O3. The highest BCUT2D eigenvalue weighted by atomic mass is 16.5. The van der Waals surface area contributed by atoms with Crippen LogP contribution >= 0.6 is 0 Å². The smallest absolute Gasteiger partial charge is 0.228 e. The van der Waals surface area contributed by atoms with Crippen molar-refractivity contribution in [1.82, 2.24) is 0 Å². The number of ketones is 1. The molecule has 1 heterocycles. The van der Waals surface area contributed by atoms with E-state index in [1.165, 1.54) is 0 Å². The third-order valence-electron chi connectivity index (χ3n) is 3.39. The van der Waals surface area contributed by atoms with Crippen molar-refractivity contribution in [3.63, 3.8) is 0 Å². The molecule has 0 saturated heterocycles. The number of fused-ring (bicyclic) bond motifs is 1. The lowest BCUT2D eigenvalue weighted by Crippen LogP contribution is -2.00. The van der Waals surface area contributed by atoms with Gasteiger partial charge >= 0.3 is 0 Å². The quantitative estimate of drug-likeness (QED) is 0.673. The summed E-state index contributed by atoms with van der Waals surface area (Å²) in [6, 6.07) is 12.9. The summed E-state index contributed by atoms with van der Waals surface area (Å²) >= 11 is 0. The Morgan fingerprint density at radius 1 is 1.10 bits per heavy atom. The first-order valence-corrected chi connectivity index (χ1v) is 6.36. The summed E-state index contributed by atoms with van der Waals surface area (Å²) in [4.78, 5) is 12.5. The Balaban J connectivity index is 2.08. The zero-order chi connectivity index (χ0) is 14.1. The third kappa shape index (κ3) is 1.97. The minimum absolute atomic E-state index is 0.114. The molecule has 3 heteroatoms. The van der Waals surface area contributed by atoms with Crippen molar-refractivity contribution >= 4 is 16.6 Å². The summed E-state index contributed by atoms with van der Waals surface area (Å²) in [5, 5.41) is 1.83. The molecule has 0 aliphatic heterocycles. The summed E-state index contributed by atoms with van der Waals surface area (Å²) in [6.45, 7) is 1.97. The zero-order valence-electron chi connectivity index (χ0n) is 11.3. The van der Waals surface area contributed by atoms with Gasteiger partial charge in [-0.2, -0.15) is 0 Å². The van der Waals surface area contributed by atoms with Crippen LogP contribution in [0.25, 0.3) is 10.8 Å². The standard InChI is InChI=1S/C17H14O3/c1-11-4-3-5-13-10-20-17(15(11)13)16(18)12-6-8-14(19-2)9-7-12/h3-10H,1-2H3. The second-order valence-corrected chi connectivity index (χ2v) is 4.66. The maximum Gasteiger partial charge on any atom is 0.228 e. The van der Waals surface area contributed by atoms with Crippen molar-refractivity contribution in [1.29, 1.82) is 0 Å². The van der Waals surface area contributed by atoms with Crippen molar-refractivity contribution in [3.05, 3.63) is 65.6 Å². The molecule has 0 fully saturated rings. The first kappa shape index (κ1) is 12.5. The van der Waals surface area contributed by atoms with Crippen LogP contribution in [0.15, 0.2) is 53.1 Å². The predicted molar refractivity (Wildman–Crippen MR) is 77.4 cm³/mol. The number of carbonyl (C=O) groups excluding carboxylic acids is 1. The van der Waals surface area contributed by atoms with Crippen LogP contribution in [0.2, 0.25) is 0 Å². The van der Waals surface area contributed by atoms with Gasteiger partial charge in [-0.05, 0) is 36.8 Å². The first-order valence-electron chi connectivity index (χ1n) is 6.36. The Morgan fingerprint density at radius 2 is 1.85 bits per heavy atom. The molecule has 0 spiro atoms. The fourth-order valence-electron chi connectivity index (χ4n) is 2.32. The number of carbonyl (C=O) groups is 1. The number of methoxy groups -OCH3 is 1. The van der Waals surface area contributed by atoms with E-state index < -0.39 is 0 Å². The summed E-state index contributed by atoms with van der Waals surface area (Å²) in [5.74, 6) is 1.00.